The molecule has 0 radical (unpaired) electrons. The molecule has 6 heteroatoms. The number of benzene rings is 3. The Morgan fingerprint density at radius 2 is 1.42 bits per heavy atom. The molecule has 3 aromatic carbocycles. The van der Waals surface area contributed by atoms with Crippen LogP contribution in [0.5, 0.6) is 0 Å². The number of nitrogens with zero attached hydrogens (tertiary/aromatic N) is 2. The molecular formula is C30H35N3O3. The maximum Gasteiger partial charge on any atom is 0.247 e. The number of carbonyl (C=O) groups is 2. The van der Waals surface area contributed by atoms with Crippen molar-refractivity contribution in [2.75, 3.05) is 39.4 Å². The summed E-state index contributed by atoms with van der Waals surface area (Å²) in [6, 6.07) is 28.8. The van der Waals surface area contributed by atoms with E-state index < -0.39 is 6.04 Å². The topological polar surface area (TPSA) is 61.9 Å². The van der Waals surface area contributed by atoms with Crippen molar-refractivity contribution in [2.45, 2.75) is 25.4 Å². The molecule has 1 atom stereocenters. The van der Waals surface area contributed by atoms with Gasteiger partial charge in [-0.3, -0.25) is 14.5 Å². The highest BCUT2D eigenvalue weighted by molar-refractivity contribution is 5.88. The summed E-state index contributed by atoms with van der Waals surface area (Å²) in [5.41, 5.74) is 2.91. The van der Waals surface area contributed by atoms with E-state index in [1.54, 1.807) is 4.90 Å². The highest BCUT2D eigenvalue weighted by atomic mass is 16.5. The Morgan fingerprint density at radius 3 is 2.06 bits per heavy atom. The van der Waals surface area contributed by atoms with E-state index in [0.29, 0.717) is 25.9 Å². The number of hydrogen-bond donors (Lipinski definition) is 1. The van der Waals surface area contributed by atoms with Crippen LogP contribution < -0.4 is 5.32 Å². The zero-order valence-electron chi connectivity index (χ0n) is 20.7. The van der Waals surface area contributed by atoms with Crippen molar-refractivity contribution in [2.24, 2.45) is 0 Å². The maximum absolute atomic E-state index is 13.7. The van der Waals surface area contributed by atoms with Gasteiger partial charge in [-0.15, -0.1) is 0 Å². The minimum atomic E-state index is -0.709. The highest BCUT2D eigenvalue weighted by Gasteiger charge is 2.31. The molecule has 3 aromatic rings. The quantitative estimate of drug-likeness (QED) is 0.448. The summed E-state index contributed by atoms with van der Waals surface area (Å²) in [5, 5.41) is 3.11. The second-order valence-electron chi connectivity index (χ2n) is 9.05. The Hall–Kier alpha value is -3.48. The van der Waals surface area contributed by atoms with Crippen LogP contribution in [0.25, 0.3) is 0 Å². The van der Waals surface area contributed by atoms with E-state index in [1.807, 2.05) is 91.0 Å². The van der Waals surface area contributed by atoms with Gasteiger partial charge in [0, 0.05) is 39.1 Å². The number of nitrogens with one attached hydrogen (secondary N) is 1. The van der Waals surface area contributed by atoms with Gasteiger partial charge in [0.25, 0.3) is 0 Å². The van der Waals surface area contributed by atoms with Gasteiger partial charge < -0.3 is 15.0 Å². The molecule has 1 aliphatic heterocycles. The second kappa shape index (κ2) is 13.6. The lowest BCUT2D eigenvalue weighted by molar-refractivity contribution is -0.141. The first-order valence-corrected chi connectivity index (χ1v) is 12.7. The molecule has 4 rings (SSSR count). The number of aryl methyl sites for hydroxylation is 1. The first-order valence-electron chi connectivity index (χ1n) is 12.7. The smallest absolute Gasteiger partial charge is 0.247 e. The van der Waals surface area contributed by atoms with Crippen LogP contribution in [0, 0.1) is 0 Å². The second-order valence-corrected chi connectivity index (χ2v) is 9.05. The standard InChI is InChI=1S/C30H35N3O3/c34-28(17-16-25-10-4-1-5-11-25)33(24-26-12-6-2-7-13-26)29(27-14-8-3-9-15-27)30(35)31-18-19-32-20-22-36-23-21-32/h1-15,29H,16-24H2,(H,31,35). The van der Waals surface area contributed by atoms with Crippen molar-refractivity contribution < 1.29 is 14.3 Å². The fraction of sp³-hybridized carbons (Fsp3) is 0.333. The van der Waals surface area contributed by atoms with E-state index >= 15 is 0 Å². The predicted octanol–water partition coefficient (Wildman–Crippen LogP) is 3.84. The summed E-state index contributed by atoms with van der Waals surface area (Å²) in [4.78, 5) is 31.4. The summed E-state index contributed by atoms with van der Waals surface area (Å²) in [6.07, 6.45) is 0.965. The van der Waals surface area contributed by atoms with Crippen LogP contribution in [0.1, 0.15) is 29.2 Å². The predicted molar refractivity (Wildman–Crippen MR) is 141 cm³/mol. The average molecular weight is 486 g/mol. The molecule has 0 aromatic heterocycles. The van der Waals surface area contributed by atoms with E-state index in [4.69, 9.17) is 4.74 Å². The third kappa shape index (κ3) is 7.51. The minimum Gasteiger partial charge on any atom is -0.379 e. The van der Waals surface area contributed by atoms with Crippen molar-refractivity contribution in [3.63, 3.8) is 0 Å². The van der Waals surface area contributed by atoms with Crippen molar-refractivity contribution in [3.05, 3.63) is 108 Å². The summed E-state index contributed by atoms with van der Waals surface area (Å²) in [7, 11) is 0. The summed E-state index contributed by atoms with van der Waals surface area (Å²) < 4.78 is 5.42. The van der Waals surface area contributed by atoms with E-state index in [2.05, 4.69) is 10.2 Å². The highest BCUT2D eigenvalue weighted by Crippen LogP contribution is 2.25. The average Bonchev–Trinajstić information content (AvgIpc) is 2.94. The molecule has 1 heterocycles. The van der Waals surface area contributed by atoms with E-state index in [0.717, 1.165) is 49.5 Å². The molecule has 1 aliphatic rings. The lowest BCUT2D eigenvalue weighted by Crippen LogP contribution is -2.46. The normalized spacial score (nSPS) is 14.7. The van der Waals surface area contributed by atoms with E-state index in [9.17, 15) is 9.59 Å². The fourth-order valence-corrected chi connectivity index (χ4v) is 4.51. The van der Waals surface area contributed by atoms with E-state index in [-0.39, 0.29) is 11.8 Å². The fourth-order valence-electron chi connectivity index (χ4n) is 4.51. The third-order valence-electron chi connectivity index (χ3n) is 6.49. The van der Waals surface area contributed by atoms with Gasteiger partial charge in [0.05, 0.1) is 13.2 Å². The van der Waals surface area contributed by atoms with Crippen LogP contribution >= 0.6 is 0 Å². The van der Waals surface area contributed by atoms with Gasteiger partial charge in [0.1, 0.15) is 6.04 Å². The van der Waals surface area contributed by atoms with Crippen molar-refractivity contribution >= 4 is 11.8 Å². The Labute approximate surface area is 213 Å². The van der Waals surface area contributed by atoms with Crippen molar-refractivity contribution in [3.8, 4) is 0 Å². The first kappa shape index (κ1) is 25.6. The van der Waals surface area contributed by atoms with Gasteiger partial charge >= 0.3 is 0 Å². The molecule has 6 nitrogen and oxygen atoms in total. The van der Waals surface area contributed by atoms with Crippen LogP contribution in [0.2, 0.25) is 0 Å². The number of rotatable bonds is 11. The number of amides is 2. The molecule has 188 valence electrons. The molecule has 2 amide bonds. The van der Waals surface area contributed by atoms with Gasteiger partial charge in [-0.1, -0.05) is 91.0 Å². The maximum atomic E-state index is 13.7. The van der Waals surface area contributed by atoms with E-state index in [1.165, 1.54) is 0 Å². The number of hydrogen-bond acceptors (Lipinski definition) is 4. The summed E-state index contributed by atoms with van der Waals surface area (Å²) in [6.45, 7) is 4.84. The SMILES string of the molecule is O=C(NCCN1CCOCC1)C(c1ccccc1)N(Cc1ccccc1)C(=O)CCc1ccccc1. The summed E-state index contributed by atoms with van der Waals surface area (Å²) >= 11 is 0. The Morgan fingerprint density at radius 1 is 0.833 bits per heavy atom. The van der Waals surface area contributed by atoms with Gasteiger partial charge in [0.2, 0.25) is 11.8 Å². The molecular weight excluding hydrogens is 450 g/mol. The Bertz CT molecular complexity index is 1070. The lowest BCUT2D eigenvalue weighted by Gasteiger charge is -2.32. The van der Waals surface area contributed by atoms with Crippen molar-refractivity contribution in [1.82, 2.24) is 15.1 Å². The number of morpholine rings is 1. The third-order valence-corrected chi connectivity index (χ3v) is 6.49. The van der Waals surface area contributed by atoms with Crippen LogP contribution in [-0.4, -0.2) is 61.0 Å². The molecule has 36 heavy (non-hydrogen) atoms. The van der Waals surface area contributed by atoms with Gasteiger partial charge in [-0.2, -0.15) is 0 Å². The van der Waals surface area contributed by atoms with Gasteiger partial charge in [-0.25, -0.2) is 0 Å². The Balaban J connectivity index is 1.53. The molecule has 0 bridgehead atoms. The minimum absolute atomic E-state index is 0.0418. The Kier molecular flexibility index (Phi) is 9.65. The molecule has 1 unspecified atom stereocenters. The largest absolute Gasteiger partial charge is 0.379 e. The molecule has 0 saturated carbocycles. The number of carbonyl (C=O) groups excluding carboxylic acids is 2. The lowest BCUT2D eigenvalue weighted by atomic mass is 10.0. The van der Waals surface area contributed by atoms with Crippen LogP contribution in [-0.2, 0) is 27.3 Å². The monoisotopic (exact) mass is 485 g/mol. The molecule has 1 fully saturated rings. The molecule has 1 saturated heterocycles. The molecule has 0 spiro atoms. The van der Waals surface area contributed by atoms with Crippen LogP contribution in [0.3, 0.4) is 0 Å². The zero-order valence-corrected chi connectivity index (χ0v) is 20.7. The van der Waals surface area contributed by atoms with Crippen LogP contribution in [0.4, 0.5) is 0 Å². The molecule has 1 N–H and O–H groups in total. The number of ether oxygens (including phenoxy) is 1. The van der Waals surface area contributed by atoms with Gasteiger partial charge in [0.15, 0.2) is 0 Å². The van der Waals surface area contributed by atoms with Crippen molar-refractivity contribution in [1.29, 1.82) is 0 Å². The van der Waals surface area contributed by atoms with Crippen LogP contribution in [0.15, 0.2) is 91.0 Å². The zero-order chi connectivity index (χ0) is 25.0. The van der Waals surface area contributed by atoms with Gasteiger partial charge in [-0.05, 0) is 23.1 Å². The molecule has 0 aliphatic carbocycles. The first-order chi connectivity index (χ1) is 17.7. The summed E-state index contributed by atoms with van der Waals surface area (Å²) in [5.74, 6) is -0.196.